The fourth-order valence-electron chi connectivity index (χ4n) is 5.62. The van der Waals surface area contributed by atoms with Gasteiger partial charge in [0, 0.05) is 62.1 Å². The van der Waals surface area contributed by atoms with Gasteiger partial charge in [0.15, 0.2) is 0 Å². The molecule has 1 N–H and O–H groups in total. The van der Waals surface area contributed by atoms with Crippen LogP contribution in [0, 0.1) is 5.41 Å². The summed E-state index contributed by atoms with van der Waals surface area (Å²) in [5, 5.41) is 3.09. The summed E-state index contributed by atoms with van der Waals surface area (Å²) in [5.74, 6) is 0.664. The summed E-state index contributed by atoms with van der Waals surface area (Å²) >= 11 is 0. The van der Waals surface area contributed by atoms with Crippen molar-refractivity contribution < 1.29 is 9.59 Å². The van der Waals surface area contributed by atoms with Gasteiger partial charge in [0.1, 0.15) is 5.41 Å². The Bertz CT molecular complexity index is 1200. The Morgan fingerprint density at radius 1 is 0.969 bits per heavy atom. The lowest BCUT2D eigenvalue weighted by Gasteiger charge is -2.54. The van der Waals surface area contributed by atoms with Crippen molar-refractivity contribution in [3.8, 4) is 0 Å². The minimum atomic E-state index is -0.742. The number of nitrogens with one attached hydrogen (secondary N) is 1. The highest BCUT2D eigenvalue weighted by atomic mass is 16.2. The summed E-state index contributed by atoms with van der Waals surface area (Å²) in [6, 6.07) is 13.4. The monoisotopic (exact) mass is 426 g/mol. The molecule has 5 heterocycles. The standard InChI is InChI=1S/C24H22N6O2/c31-20(11-17-5-3-8-25-12-17)29-13-23(14-29)15-30(22-26-9-4-10-27-22)16-24(23)18-6-1-2-7-19(18)28-21(24)32/h1-10,12H,11,13-16H2,(H,28,32)/t24-/m0/s1. The second kappa shape index (κ2) is 6.85. The van der Waals surface area contributed by atoms with Crippen molar-refractivity contribution >= 4 is 23.5 Å². The van der Waals surface area contributed by atoms with Crippen LogP contribution in [0.25, 0.3) is 0 Å². The minimum Gasteiger partial charge on any atom is -0.341 e. The van der Waals surface area contributed by atoms with Crippen LogP contribution >= 0.6 is 0 Å². The predicted octanol–water partition coefficient (Wildman–Crippen LogP) is 1.65. The number of anilines is 2. The topological polar surface area (TPSA) is 91.3 Å². The molecular weight excluding hydrogens is 404 g/mol. The molecule has 0 bridgehead atoms. The first-order valence-electron chi connectivity index (χ1n) is 10.7. The molecule has 0 aliphatic carbocycles. The molecule has 2 fully saturated rings. The van der Waals surface area contributed by atoms with Crippen molar-refractivity contribution in [3.63, 3.8) is 0 Å². The molecule has 0 saturated carbocycles. The van der Waals surface area contributed by atoms with Crippen LogP contribution < -0.4 is 10.2 Å². The van der Waals surface area contributed by atoms with Crippen LogP contribution in [0.4, 0.5) is 11.6 Å². The Hall–Kier alpha value is -3.81. The SMILES string of the molecule is O=C(Cc1cccnc1)N1CC2(C1)CN(c1ncccn1)C[C@]21C(=O)Nc2ccccc21. The number of fused-ring (bicyclic) bond motifs is 3. The number of likely N-dealkylation sites (tertiary alicyclic amines) is 1. The lowest BCUT2D eigenvalue weighted by atomic mass is 9.58. The normalized spacial score (nSPS) is 22.7. The number of carbonyl (C=O) groups excluding carboxylic acids is 2. The highest BCUT2D eigenvalue weighted by Crippen LogP contribution is 2.58. The van der Waals surface area contributed by atoms with E-state index in [2.05, 4.69) is 25.2 Å². The van der Waals surface area contributed by atoms with Gasteiger partial charge >= 0.3 is 0 Å². The summed E-state index contributed by atoms with van der Waals surface area (Å²) in [6.45, 7) is 2.16. The zero-order valence-electron chi connectivity index (χ0n) is 17.4. The number of benzene rings is 1. The van der Waals surface area contributed by atoms with E-state index in [1.807, 2.05) is 41.3 Å². The van der Waals surface area contributed by atoms with E-state index in [-0.39, 0.29) is 11.8 Å². The first kappa shape index (κ1) is 18.9. The molecule has 1 atom stereocenters. The number of carbonyl (C=O) groups is 2. The number of para-hydroxylation sites is 1. The maximum Gasteiger partial charge on any atom is 0.237 e. The highest BCUT2D eigenvalue weighted by Gasteiger charge is 2.70. The zero-order valence-corrected chi connectivity index (χ0v) is 17.4. The molecule has 6 rings (SSSR count). The number of nitrogens with zero attached hydrogens (tertiary/aromatic N) is 5. The highest BCUT2D eigenvalue weighted by molar-refractivity contribution is 6.08. The average molecular weight is 426 g/mol. The first-order valence-corrected chi connectivity index (χ1v) is 10.7. The van der Waals surface area contributed by atoms with Crippen molar-refractivity contribution in [1.82, 2.24) is 19.9 Å². The van der Waals surface area contributed by atoms with Crippen LogP contribution in [-0.2, 0) is 21.4 Å². The third kappa shape index (κ3) is 2.58. The maximum absolute atomic E-state index is 13.5. The van der Waals surface area contributed by atoms with Crippen LogP contribution in [-0.4, -0.2) is 57.8 Å². The van der Waals surface area contributed by atoms with E-state index in [0.29, 0.717) is 38.5 Å². The molecular formula is C24H22N6O2. The van der Waals surface area contributed by atoms with Crippen LogP contribution in [0.3, 0.4) is 0 Å². The van der Waals surface area contributed by atoms with Crippen molar-refractivity contribution in [1.29, 1.82) is 0 Å². The van der Waals surface area contributed by atoms with E-state index < -0.39 is 10.8 Å². The second-order valence-corrected chi connectivity index (χ2v) is 8.88. The first-order chi connectivity index (χ1) is 15.6. The molecule has 0 unspecified atom stereocenters. The van der Waals surface area contributed by atoms with Gasteiger partial charge < -0.3 is 15.1 Å². The smallest absolute Gasteiger partial charge is 0.237 e. The third-order valence-electron chi connectivity index (χ3n) is 7.10. The molecule has 2 aromatic heterocycles. The summed E-state index contributed by atoms with van der Waals surface area (Å²) in [7, 11) is 0. The van der Waals surface area contributed by atoms with Crippen LogP contribution in [0.2, 0.25) is 0 Å². The van der Waals surface area contributed by atoms with Gasteiger partial charge in [-0.25, -0.2) is 9.97 Å². The molecule has 2 spiro atoms. The Labute approximate surface area is 185 Å². The predicted molar refractivity (Wildman–Crippen MR) is 118 cm³/mol. The van der Waals surface area contributed by atoms with Crippen molar-refractivity contribution in [2.75, 3.05) is 36.4 Å². The number of hydrogen-bond donors (Lipinski definition) is 1. The third-order valence-corrected chi connectivity index (χ3v) is 7.10. The molecule has 1 aromatic carbocycles. The average Bonchev–Trinajstić information content (AvgIpc) is 3.31. The summed E-state index contributed by atoms with van der Waals surface area (Å²) in [5.41, 5.74) is 1.61. The molecule has 3 aromatic rings. The minimum absolute atomic E-state index is 0.00325. The van der Waals surface area contributed by atoms with E-state index >= 15 is 0 Å². The van der Waals surface area contributed by atoms with E-state index in [1.165, 1.54) is 0 Å². The van der Waals surface area contributed by atoms with Crippen LogP contribution in [0.1, 0.15) is 11.1 Å². The van der Waals surface area contributed by atoms with Gasteiger partial charge in [-0.1, -0.05) is 24.3 Å². The fourth-order valence-corrected chi connectivity index (χ4v) is 5.62. The molecule has 0 radical (unpaired) electrons. The number of pyridine rings is 1. The maximum atomic E-state index is 13.5. The van der Waals surface area contributed by atoms with E-state index in [0.717, 1.165) is 16.8 Å². The van der Waals surface area contributed by atoms with Gasteiger partial charge in [-0.15, -0.1) is 0 Å². The van der Waals surface area contributed by atoms with Crippen LogP contribution in [0.15, 0.2) is 67.3 Å². The Balaban J connectivity index is 1.34. The van der Waals surface area contributed by atoms with Crippen molar-refractivity contribution in [2.24, 2.45) is 5.41 Å². The molecule has 160 valence electrons. The van der Waals surface area contributed by atoms with Gasteiger partial charge in [-0.2, -0.15) is 0 Å². The number of amides is 2. The Morgan fingerprint density at radius 3 is 2.56 bits per heavy atom. The molecule has 8 nitrogen and oxygen atoms in total. The van der Waals surface area contributed by atoms with E-state index in [9.17, 15) is 9.59 Å². The molecule has 8 heteroatoms. The van der Waals surface area contributed by atoms with Crippen molar-refractivity contribution in [2.45, 2.75) is 11.8 Å². The van der Waals surface area contributed by atoms with Gasteiger partial charge in [0.05, 0.1) is 6.42 Å². The van der Waals surface area contributed by atoms with Crippen LogP contribution in [0.5, 0.6) is 0 Å². The Morgan fingerprint density at radius 2 is 1.78 bits per heavy atom. The fraction of sp³-hybridized carbons (Fsp3) is 0.292. The molecule has 3 aliphatic rings. The molecule has 2 saturated heterocycles. The lowest BCUT2D eigenvalue weighted by molar-refractivity contribution is -0.149. The van der Waals surface area contributed by atoms with Gasteiger partial charge in [-0.3, -0.25) is 14.6 Å². The number of aromatic nitrogens is 3. The molecule has 32 heavy (non-hydrogen) atoms. The summed E-state index contributed by atoms with van der Waals surface area (Å²) < 4.78 is 0. The van der Waals surface area contributed by atoms with E-state index in [4.69, 9.17) is 0 Å². The second-order valence-electron chi connectivity index (χ2n) is 8.88. The summed E-state index contributed by atoms with van der Waals surface area (Å²) in [4.78, 5) is 43.4. The van der Waals surface area contributed by atoms with Gasteiger partial charge in [0.25, 0.3) is 0 Å². The summed E-state index contributed by atoms with van der Waals surface area (Å²) in [6.07, 6.45) is 7.16. The quantitative estimate of drug-likeness (QED) is 0.685. The number of rotatable bonds is 3. The number of hydrogen-bond acceptors (Lipinski definition) is 6. The molecule has 3 aliphatic heterocycles. The lowest BCUT2D eigenvalue weighted by Crippen LogP contribution is -2.68. The Kier molecular flexibility index (Phi) is 4.05. The zero-order chi connectivity index (χ0) is 21.8. The van der Waals surface area contributed by atoms with Gasteiger partial charge in [-0.05, 0) is 29.3 Å². The molecule has 2 amide bonds. The van der Waals surface area contributed by atoms with E-state index in [1.54, 1.807) is 30.9 Å². The van der Waals surface area contributed by atoms with Crippen molar-refractivity contribution in [3.05, 3.63) is 78.4 Å². The largest absolute Gasteiger partial charge is 0.341 e. The van der Waals surface area contributed by atoms with Gasteiger partial charge in [0.2, 0.25) is 17.8 Å².